The molecule has 0 saturated carbocycles. The molecule has 2 aromatic rings. The number of aliphatic hydroxyl groups is 1. The van der Waals surface area contributed by atoms with E-state index in [1.54, 1.807) is 26.9 Å². The molecule has 1 N–H and O–H groups in total. The van der Waals surface area contributed by atoms with E-state index in [0.29, 0.717) is 44.5 Å². The van der Waals surface area contributed by atoms with Gasteiger partial charge in [0.2, 0.25) is 11.8 Å². The number of aliphatic hydroxyl groups excluding tert-OH is 1. The van der Waals surface area contributed by atoms with Crippen LogP contribution in [0.3, 0.4) is 0 Å². The van der Waals surface area contributed by atoms with E-state index in [0.717, 1.165) is 24.3 Å². The smallest absolute Gasteiger partial charge is 0.253 e. The number of carbonyl (C=O) groups excluding carboxylic acids is 3. The van der Waals surface area contributed by atoms with Crippen LogP contribution in [0, 0.1) is 11.8 Å². The fourth-order valence-corrected chi connectivity index (χ4v) is 8.54. The summed E-state index contributed by atoms with van der Waals surface area (Å²) in [6.07, 6.45) is 5.39. The van der Waals surface area contributed by atoms with Gasteiger partial charge in [0.15, 0.2) is 0 Å². The van der Waals surface area contributed by atoms with Gasteiger partial charge in [0.1, 0.15) is 11.6 Å². The normalized spacial score (nSPS) is 26.2. The molecule has 258 valence electrons. The third-order valence-electron chi connectivity index (χ3n) is 10.9. The average Bonchev–Trinajstić information content (AvgIpc) is 3.72. The zero-order valence-electron chi connectivity index (χ0n) is 29.0. The SMILES string of the molecule is C=CCN(Cc1ccccc1)C(=O)[C@@H]1[C@H]2C(=O)N([C@@H](CC)CO)C(C(=O)N(CC=C)c3ccc(N(CC)CC)cc3)C23CC[C@@]1(CC)O3. The van der Waals surface area contributed by atoms with Crippen LogP contribution < -0.4 is 9.80 Å². The molecule has 3 heterocycles. The molecule has 6 atom stereocenters. The fourth-order valence-electron chi connectivity index (χ4n) is 8.54. The molecule has 9 nitrogen and oxygen atoms in total. The first-order valence-corrected chi connectivity index (χ1v) is 17.5. The van der Waals surface area contributed by atoms with Crippen molar-refractivity contribution >= 4 is 29.1 Å². The van der Waals surface area contributed by atoms with Crippen LogP contribution in [0.15, 0.2) is 79.9 Å². The second-order valence-corrected chi connectivity index (χ2v) is 13.2. The molecule has 9 heteroatoms. The van der Waals surface area contributed by atoms with E-state index in [1.165, 1.54) is 0 Å². The van der Waals surface area contributed by atoms with E-state index in [9.17, 15) is 14.7 Å². The van der Waals surface area contributed by atoms with Crippen molar-refractivity contribution in [2.24, 2.45) is 11.8 Å². The minimum Gasteiger partial charge on any atom is -0.394 e. The van der Waals surface area contributed by atoms with E-state index in [1.807, 2.05) is 68.4 Å². The van der Waals surface area contributed by atoms with E-state index in [4.69, 9.17) is 4.74 Å². The Labute approximate surface area is 285 Å². The Bertz CT molecular complexity index is 1470. The van der Waals surface area contributed by atoms with Crippen LogP contribution >= 0.6 is 0 Å². The topological polar surface area (TPSA) is 93.6 Å². The zero-order valence-corrected chi connectivity index (χ0v) is 29.0. The Morgan fingerprint density at radius 3 is 2.17 bits per heavy atom. The summed E-state index contributed by atoms with van der Waals surface area (Å²) >= 11 is 0. The molecule has 3 aliphatic heterocycles. The molecule has 3 fully saturated rings. The van der Waals surface area contributed by atoms with Crippen LogP contribution in [0.4, 0.5) is 11.4 Å². The molecule has 2 bridgehead atoms. The van der Waals surface area contributed by atoms with E-state index in [-0.39, 0.29) is 30.9 Å². The molecule has 3 saturated heterocycles. The molecule has 1 spiro atoms. The van der Waals surface area contributed by atoms with Crippen molar-refractivity contribution in [1.29, 1.82) is 0 Å². The molecule has 0 aliphatic carbocycles. The Morgan fingerprint density at radius 1 is 0.958 bits per heavy atom. The summed E-state index contributed by atoms with van der Waals surface area (Å²) in [5, 5.41) is 10.5. The maximum absolute atomic E-state index is 15.0. The van der Waals surface area contributed by atoms with Crippen molar-refractivity contribution in [3.8, 4) is 0 Å². The number of rotatable bonds is 16. The van der Waals surface area contributed by atoms with Gasteiger partial charge in [-0.25, -0.2) is 0 Å². The van der Waals surface area contributed by atoms with Crippen LogP contribution in [0.25, 0.3) is 0 Å². The first-order chi connectivity index (χ1) is 23.2. The average molecular weight is 657 g/mol. The van der Waals surface area contributed by atoms with Crippen molar-refractivity contribution in [2.45, 2.75) is 83.2 Å². The second kappa shape index (κ2) is 14.7. The molecule has 3 aliphatic rings. The molecule has 0 radical (unpaired) electrons. The van der Waals surface area contributed by atoms with Gasteiger partial charge in [-0.3, -0.25) is 14.4 Å². The number of hydrogen-bond acceptors (Lipinski definition) is 6. The fraction of sp³-hybridized carbons (Fsp3) is 0.513. The summed E-state index contributed by atoms with van der Waals surface area (Å²) in [6.45, 7) is 18.3. The van der Waals surface area contributed by atoms with Crippen molar-refractivity contribution in [3.05, 3.63) is 85.5 Å². The first kappa shape index (κ1) is 35.4. The van der Waals surface area contributed by atoms with Crippen LogP contribution in [-0.2, 0) is 25.7 Å². The number of ether oxygens (including phenoxy) is 1. The predicted octanol–water partition coefficient (Wildman–Crippen LogP) is 5.19. The molecule has 2 unspecified atom stereocenters. The highest BCUT2D eigenvalue weighted by molar-refractivity contribution is 6.05. The molecule has 0 aromatic heterocycles. The minimum absolute atomic E-state index is 0.166. The number of carbonyl (C=O) groups is 3. The summed E-state index contributed by atoms with van der Waals surface area (Å²) in [5.41, 5.74) is 0.628. The summed E-state index contributed by atoms with van der Waals surface area (Å²) in [7, 11) is 0. The van der Waals surface area contributed by atoms with Gasteiger partial charge in [0, 0.05) is 44.1 Å². The summed E-state index contributed by atoms with van der Waals surface area (Å²) < 4.78 is 7.05. The van der Waals surface area contributed by atoms with Crippen molar-refractivity contribution in [2.75, 3.05) is 42.6 Å². The molecule has 5 rings (SSSR count). The minimum atomic E-state index is -1.21. The summed E-state index contributed by atoms with van der Waals surface area (Å²) in [6, 6.07) is 16.0. The van der Waals surface area contributed by atoms with Gasteiger partial charge in [0.05, 0.1) is 30.1 Å². The van der Waals surface area contributed by atoms with Crippen LogP contribution in [-0.4, -0.2) is 88.7 Å². The van der Waals surface area contributed by atoms with Gasteiger partial charge in [-0.15, -0.1) is 13.2 Å². The second-order valence-electron chi connectivity index (χ2n) is 13.2. The summed E-state index contributed by atoms with van der Waals surface area (Å²) in [5.74, 6) is -2.38. The lowest BCUT2D eigenvalue weighted by atomic mass is 9.64. The molecule has 3 amide bonds. The van der Waals surface area contributed by atoms with E-state index < -0.39 is 35.1 Å². The predicted molar refractivity (Wildman–Crippen MR) is 189 cm³/mol. The molecule has 2 aromatic carbocycles. The number of likely N-dealkylation sites (tertiary alicyclic amines) is 1. The maximum atomic E-state index is 15.0. The van der Waals surface area contributed by atoms with Crippen molar-refractivity contribution < 1.29 is 24.2 Å². The highest BCUT2D eigenvalue weighted by Crippen LogP contribution is 2.65. The third-order valence-corrected chi connectivity index (χ3v) is 10.9. The lowest BCUT2D eigenvalue weighted by Crippen LogP contribution is -2.59. The Kier molecular flexibility index (Phi) is 10.8. The first-order valence-electron chi connectivity index (χ1n) is 17.5. The lowest BCUT2D eigenvalue weighted by Gasteiger charge is -2.39. The zero-order chi connectivity index (χ0) is 34.6. The highest BCUT2D eigenvalue weighted by Gasteiger charge is 2.79. The number of nitrogens with zero attached hydrogens (tertiary/aromatic N) is 4. The lowest BCUT2D eigenvalue weighted by molar-refractivity contribution is -0.154. The van der Waals surface area contributed by atoms with Gasteiger partial charge in [-0.05, 0) is 69.4 Å². The number of benzene rings is 2. The Hall–Kier alpha value is -3.95. The van der Waals surface area contributed by atoms with Gasteiger partial charge in [0.25, 0.3) is 5.91 Å². The number of hydrogen-bond donors (Lipinski definition) is 1. The van der Waals surface area contributed by atoms with Gasteiger partial charge in [-0.1, -0.05) is 56.3 Å². The van der Waals surface area contributed by atoms with Crippen molar-refractivity contribution in [3.63, 3.8) is 0 Å². The number of fused-ring (bicyclic) bond motifs is 1. The monoisotopic (exact) mass is 656 g/mol. The maximum Gasteiger partial charge on any atom is 0.253 e. The van der Waals surface area contributed by atoms with Crippen molar-refractivity contribution in [1.82, 2.24) is 9.80 Å². The van der Waals surface area contributed by atoms with Crippen LogP contribution in [0.2, 0.25) is 0 Å². The highest BCUT2D eigenvalue weighted by atomic mass is 16.5. The standard InChI is InChI=1S/C39H52N4O5/c1-7-24-41(26-28-16-14-13-15-17-28)35(45)32-33-36(46)43(29(9-3)27-44)34(39(33)23-22-38(32,10-4)48-39)37(47)42(25-8-2)31-20-18-30(19-21-31)40(11-5)12-6/h7-8,13-21,29,32-34,44H,1-2,9-12,22-27H2,3-6H3/t29-,32-,33-,34?,38+,39?/m0/s1. The third kappa shape index (κ3) is 5.85. The van der Waals surface area contributed by atoms with Gasteiger partial charge in [-0.2, -0.15) is 0 Å². The van der Waals surface area contributed by atoms with E-state index >= 15 is 4.79 Å². The molecule has 48 heavy (non-hydrogen) atoms. The Balaban J connectivity index is 1.58. The largest absolute Gasteiger partial charge is 0.394 e. The number of amides is 3. The Morgan fingerprint density at radius 2 is 1.60 bits per heavy atom. The quantitative estimate of drug-likeness (QED) is 0.250. The molecular weight excluding hydrogens is 604 g/mol. The van der Waals surface area contributed by atoms with Crippen LogP contribution in [0.1, 0.15) is 58.9 Å². The van der Waals surface area contributed by atoms with E-state index in [2.05, 4.69) is 31.9 Å². The van der Waals surface area contributed by atoms with Crippen LogP contribution in [0.5, 0.6) is 0 Å². The van der Waals surface area contributed by atoms with Gasteiger partial charge < -0.3 is 29.4 Å². The summed E-state index contributed by atoms with van der Waals surface area (Å²) in [4.78, 5) is 51.8. The van der Waals surface area contributed by atoms with Gasteiger partial charge >= 0.3 is 0 Å². The molecular formula is C39H52N4O5. The number of anilines is 2.